The topological polar surface area (TPSA) is 106 Å². The molecule has 1 aliphatic rings. The number of rotatable bonds is 16. The minimum atomic E-state index is -3.67. The lowest BCUT2D eigenvalue weighted by Crippen LogP contribution is -2.31. The third kappa shape index (κ3) is 9.98. The summed E-state index contributed by atoms with van der Waals surface area (Å²) in [6.45, 7) is 6.15. The molecule has 0 radical (unpaired) electrons. The number of carbonyl (C=O) groups is 1. The molecule has 9 nitrogen and oxygen atoms in total. The summed E-state index contributed by atoms with van der Waals surface area (Å²) in [5.41, 5.74) is 3.12. The summed E-state index contributed by atoms with van der Waals surface area (Å²) in [6, 6.07) is 10.6. The zero-order chi connectivity index (χ0) is 28.3. The van der Waals surface area contributed by atoms with Gasteiger partial charge in [0.2, 0.25) is 15.9 Å². The first-order valence-corrected chi connectivity index (χ1v) is 15.2. The Kier molecular flexibility index (Phi) is 12.9. The van der Waals surface area contributed by atoms with Gasteiger partial charge < -0.3 is 24.4 Å². The highest BCUT2D eigenvalue weighted by molar-refractivity contribution is 7.89. The average molecular weight is 603 g/mol. The van der Waals surface area contributed by atoms with Gasteiger partial charge in [-0.05, 0) is 48.0 Å². The first-order valence-electron chi connectivity index (χ1n) is 13.0. The number of carbonyl (C=O) groups excluding carboxylic acids is 1. The third-order valence-electron chi connectivity index (χ3n) is 6.26. The van der Waals surface area contributed by atoms with Crippen molar-refractivity contribution in [3.05, 3.63) is 63.1 Å². The number of nitrogens with one attached hydrogen (secondary N) is 2. The van der Waals surface area contributed by atoms with Gasteiger partial charge in [0.15, 0.2) is 0 Å². The quantitative estimate of drug-likeness (QED) is 0.284. The molecule has 3 rings (SSSR count). The molecule has 0 saturated carbocycles. The van der Waals surface area contributed by atoms with Crippen molar-refractivity contribution >= 4 is 39.1 Å². The largest absolute Gasteiger partial charge is 0.378 e. The van der Waals surface area contributed by atoms with Crippen molar-refractivity contribution in [2.75, 3.05) is 66.3 Å². The fourth-order valence-corrected chi connectivity index (χ4v) is 5.85. The van der Waals surface area contributed by atoms with E-state index in [1.165, 1.54) is 0 Å². The maximum Gasteiger partial charge on any atom is 0.240 e. The van der Waals surface area contributed by atoms with Crippen molar-refractivity contribution in [2.45, 2.75) is 30.7 Å². The molecule has 0 aliphatic carbocycles. The first kappa shape index (κ1) is 31.8. The Bertz CT molecular complexity index is 1180. The monoisotopic (exact) mass is 601 g/mol. The Balaban J connectivity index is 1.36. The van der Waals surface area contributed by atoms with E-state index in [1.54, 1.807) is 25.1 Å². The summed E-state index contributed by atoms with van der Waals surface area (Å²) in [5.74, 6) is 0.0362. The molecule has 12 heteroatoms. The lowest BCUT2D eigenvalue weighted by Gasteiger charge is -2.33. The molecule has 0 saturated heterocycles. The summed E-state index contributed by atoms with van der Waals surface area (Å²) in [4.78, 5) is 13.5. The summed E-state index contributed by atoms with van der Waals surface area (Å²) in [6.07, 6.45) is 0.457. The van der Waals surface area contributed by atoms with Crippen LogP contribution in [-0.2, 0) is 35.6 Å². The van der Waals surface area contributed by atoms with Gasteiger partial charge in [0, 0.05) is 48.6 Å². The van der Waals surface area contributed by atoms with Crippen LogP contribution in [0.3, 0.4) is 0 Å². The predicted octanol–water partition coefficient (Wildman–Crippen LogP) is 3.43. The lowest BCUT2D eigenvalue weighted by atomic mass is 9.85. The van der Waals surface area contributed by atoms with Crippen LogP contribution in [0.15, 0.2) is 41.3 Å². The van der Waals surface area contributed by atoms with Crippen molar-refractivity contribution < 1.29 is 27.4 Å². The van der Waals surface area contributed by atoms with E-state index in [0.29, 0.717) is 56.0 Å². The zero-order valence-electron chi connectivity index (χ0n) is 22.4. The standard InChI is InChI=1S/C27H37Cl2N3O6S/c1-3-27(33)30-8-10-36-12-14-38-15-13-37-11-9-31-39(34,35)22-6-4-20(5-7-22)24-18-32(2)19-25-23(24)16-21(28)17-26(25)29/h4-7,16-17,24,31H,3,8-15,18-19H2,1-2H3,(H,30,33). The molecule has 39 heavy (non-hydrogen) atoms. The van der Waals surface area contributed by atoms with Gasteiger partial charge in [-0.25, -0.2) is 13.1 Å². The molecule has 2 aromatic rings. The molecular weight excluding hydrogens is 565 g/mol. The van der Waals surface area contributed by atoms with E-state index in [1.807, 2.05) is 25.2 Å². The Morgan fingerprint density at radius 1 is 0.974 bits per heavy atom. The van der Waals surface area contributed by atoms with Crippen molar-refractivity contribution in [1.29, 1.82) is 0 Å². The smallest absolute Gasteiger partial charge is 0.240 e. The number of sulfonamides is 1. The van der Waals surface area contributed by atoms with Crippen LogP contribution in [0.1, 0.15) is 36.0 Å². The molecule has 0 fully saturated rings. The van der Waals surface area contributed by atoms with Crippen molar-refractivity contribution in [2.24, 2.45) is 0 Å². The van der Waals surface area contributed by atoms with Crippen molar-refractivity contribution in [3.8, 4) is 0 Å². The summed E-state index contributed by atoms with van der Waals surface area (Å²) >= 11 is 12.7. The molecular formula is C27H37Cl2N3O6S. The van der Waals surface area contributed by atoms with Gasteiger partial charge in [-0.1, -0.05) is 42.3 Å². The van der Waals surface area contributed by atoms with Crippen LogP contribution < -0.4 is 10.0 Å². The highest BCUT2D eigenvalue weighted by Gasteiger charge is 2.27. The van der Waals surface area contributed by atoms with Gasteiger partial charge in [0.25, 0.3) is 0 Å². The average Bonchev–Trinajstić information content (AvgIpc) is 2.91. The predicted molar refractivity (Wildman–Crippen MR) is 152 cm³/mol. The first-order chi connectivity index (χ1) is 18.7. The van der Waals surface area contributed by atoms with Gasteiger partial charge in [0.1, 0.15) is 0 Å². The van der Waals surface area contributed by atoms with Crippen LogP contribution in [0.25, 0.3) is 0 Å². The van der Waals surface area contributed by atoms with Crippen LogP contribution in [0.5, 0.6) is 0 Å². The van der Waals surface area contributed by atoms with Gasteiger partial charge in [0.05, 0.1) is 44.5 Å². The van der Waals surface area contributed by atoms with Gasteiger partial charge in [-0.15, -0.1) is 0 Å². The second-order valence-corrected chi connectivity index (χ2v) is 11.8. The number of likely N-dealkylation sites (N-methyl/N-ethyl adjacent to an activating group) is 1. The molecule has 2 aromatic carbocycles. The molecule has 0 spiro atoms. The maximum atomic E-state index is 12.7. The van der Waals surface area contributed by atoms with Gasteiger partial charge >= 0.3 is 0 Å². The van der Waals surface area contributed by atoms with Crippen molar-refractivity contribution in [3.63, 3.8) is 0 Å². The van der Waals surface area contributed by atoms with E-state index < -0.39 is 10.0 Å². The number of fused-ring (bicyclic) bond motifs is 1. The Morgan fingerprint density at radius 3 is 2.23 bits per heavy atom. The fourth-order valence-electron chi connectivity index (χ4n) is 4.27. The van der Waals surface area contributed by atoms with E-state index in [4.69, 9.17) is 37.4 Å². The Morgan fingerprint density at radius 2 is 1.59 bits per heavy atom. The highest BCUT2D eigenvalue weighted by Crippen LogP contribution is 2.38. The summed E-state index contributed by atoms with van der Waals surface area (Å²) in [5, 5.41) is 3.96. The molecule has 216 valence electrons. The molecule has 0 bridgehead atoms. The molecule has 1 heterocycles. The third-order valence-corrected chi connectivity index (χ3v) is 8.29. The van der Waals surface area contributed by atoms with E-state index in [2.05, 4.69) is 14.9 Å². The minimum Gasteiger partial charge on any atom is -0.378 e. The number of benzene rings is 2. The van der Waals surface area contributed by atoms with E-state index in [-0.39, 0.29) is 29.9 Å². The number of amides is 1. The highest BCUT2D eigenvalue weighted by atomic mass is 35.5. The zero-order valence-corrected chi connectivity index (χ0v) is 24.7. The van der Waals surface area contributed by atoms with Crippen LogP contribution in [0, 0.1) is 0 Å². The molecule has 1 aliphatic heterocycles. The normalized spacial score (nSPS) is 15.7. The SMILES string of the molecule is CCC(=O)NCCOCCOCCOCCNS(=O)(=O)c1ccc(C2CN(C)Cc3c(Cl)cc(Cl)cc32)cc1. The minimum absolute atomic E-state index is 0.00116. The molecule has 1 unspecified atom stereocenters. The second kappa shape index (κ2) is 15.9. The van der Waals surface area contributed by atoms with E-state index in [0.717, 1.165) is 29.8 Å². The number of halogens is 2. The summed E-state index contributed by atoms with van der Waals surface area (Å²) in [7, 11) is -1.64. The molecule has 1 amide bonds. The van der Waals surface area contributed by atoms with E-state index >= 15 is 0 Å². The number of ether oxygens (including phenoxy) is 3. The number of hydrogen-bond acceptors (Lipinski definition) is 7. The van der Waals surface area contributed by atoms with Gasteiger partial charge in [-0.3, -0.25) is 4.79 Å². The molecule has 1 atom stereocenters. The Labute approximate surface area is 241 Å². The van der Waals surface area contributed by atoms with Crippen molar-refractivity contribution in [1.82, 2.24) is 14.9 Å². The lowest BCUT2D eigenvalue weighted by molar-refractivity contribution is -0.121. The van der Waals surface area contributed by atoms with Crippen LogP contribution in [0.2, 0.25) is 10.0 Å². The van der Waals surface area contributed by atoms with Crippen LogP contribution in [-0.4, -0.2) is 85.5 Å². The van der Waals surface area contributed by atoms with Crippen LogP contribution in [0.4, 0.5) is 0 Å². The van der Waals surface area contributed by atoms with Crippen LogP contribution >= 0.6 is 23.2 Å². The maximum absolute atomic E-state index is 12.7. The number of nitrogens with zero attached hydrogens (tertiary/aromatic N) is 1. The van der Waals surface area contributed by atoms with Gasteiger partial charge in [-0.2, -0.15) is 0 Å². The molecule has 0 aromatic heterocycles. The number of hydrogen-bond donors (Lipinski definition) is 2. The fraction of sp³-hybridized carbons (Fsp3) is 0.519. The Hall–Kier alpha value is -1.76. The second-order valence-electron chi connectivity index (χ2n) is 9.21. The summed E-state index contributed by atoms with van der Waals surface area (Å²) < 4.78 is 44.2. The van der Waals surface area contributed by atoms with E-state index in [9.17, 15) is 13.2 Å². The molecule has 2 N–H and O–H groups in total.